The van der Waals surface area contributed by atoms with E-state index in [2.05, 4.69) is 6.58 Å². The van der Waals surface area contributed by atoms with Gasteiger partial charge in [0.05, 0.1) is 32.2 Å². The van der Waals surface area contributed by atoms with Crippen LogP contribution in [-0.2, 0) is 24.3 Å². The number of nitrogens with zero attached hydrogens (tertiary/aromatic N) is 2. The summed E-state index contributed by atoms with van der Waals surface area (Å²) in [5.41, 5.74) is 3.95. The predicted molar refractivity (Wildman–Crippen MR) is 144 cm³/mol. The van der Waals surface area contributed by atoms with Crippen molar-refractivity contribution in [2.24, 2.45) is 4.99 Å². The van der Waals surface area contributed by atoms with Crippen molar-refractivity contribution in [2.75, 3.05) is 14.2 Å². The van der Waals surface area contributed by atoms with Gasteiger partial charge >= 0.3 is 0 Å². The van der Waals surface area contributed by atoms with Crippen LogP contribution in [0.15, 0.2) is 95.3 Å². The van der Waals surface area contributed by atoms with Gasteiger partial charge in [0.2, 0.25) is 0 Å². The first kappa shape index (κ1) is 24.4. The highest BCUT2D eigenvalue weighted by atomic mass is 32.2. The average Bonchev–Trinajstić information content (AvgIpc) is 3.17. The van der Waals surface area contributed by atoms with Crippen LogP contribution >= 0.6 is 11.8 Å². The molecule has 3 aromatic carbocycles. The van der Waals surface area contributed by atoms with Crippen LogP contribution in [0.5, 0.6) is 11.5 Å². The highest BCUT2D eigenvalue weighted by Crippen LogP contribution is 2.37. The minimum absolute atomic E-state index is 0.0641. The third-order valence-electron chi connectivity index (χ3n) is 5.55. The summed E-state index contributed by atoms with van der Waals surface area (Å²) >= 11 is 1.40. The number of amides is 1. The van der Waals surface area contributed by atoms with Crippen LogP contribution in [0.4, 0.5) is 0 Å². The Hall–Kier alpha value is -3.77. The molecule has 178 valence electrons. The van der Waals surface area contributed by atoms with Crippen LogP contribution in [-0.4, -0.2) is 30.2 Å². The molecule has 1 saturated heterocycles. The van der Waals surface area contributed by atoms with Gasteiger partial charge in [0, 0.05) is 5.56 Å². The van der Waals surface area contributed by atoms with E-state index >= 15 is 0 Å². The molecule has 0 aromatic heterocycles. The fourth-order valence-corrected chi connectivity index (χ4v) is 4.86. The van der Waals surface area contributed by atoms with Gasteiger partial charge in [0.15, 0.2) is 16.7 Å². The summed E-state index contributed by atoms with van der Waals surface area (Å²) in [5, 5.41) is 0.695. The molecule has 35 heavy (non-hydrogen) atoms. The Bertz CT molecular complexity index is 1250. The van der Waals surface area contributed by atoms with E-state index < -0.39 is 0 Å². The quantitative estimate of drug-likeness (QED) is 0.272. The molecule has 0 bridgehead atoms. The minimum atomic E-state index is -0.0641. The lowest BCUT2D eigenvalue weighted by atomic mass is 10.0. The first-order chi connectivity index (χ1) is 17.1. The first-order valence-corrected chi connectivity index (χ1v) is 12.1. The zero-order valence-electron chi connectivity index (χ0n) is 19.9. The largest absolute Gasteiger partial charge is 0.493 e. The third kappa shape index (κ3) is 5.84. The van der Waals surface area contributed by atoms with Crippen LogP contribution < -0.4 is 9.47 Å². The summed E-state index contributed by atoms with van der Waals surface area (Å²) in [4.78, 5) is 20.7. The van der Waals surface area contributed by atoms with Crippen molar-refractivity contribution < 1.29 is 14.3 Å². The molecule has 0 atom stereocenters. The lowest BCUT2D eigenvalue weighted by Crippen LogP contribution is -2.28. The molecular weight excluding hydrogens is 456 g/mol. The Kier molecular flexibility index (Phi) is 8.06. The van der Waals surface area contributed by atoms with Gasteiger partial charge in [-0.3, -0.25) is 14.7 Å². The second-order valence-corrected chi connectivity index (χ2v) is 8.99. The van der Waals surface area contributed by atoms with Gasteiger partial charge in [0.1, 0.15) is 0 Å². The Balaban J connectivity index is 1.69. The van der Waals surface area contributed by atoms with Crippen LogP contribution in [0.2, 0.25) is 0 Å². The maximum Gasteiger partial charge on any atom is 0.267 e. The second kappa shape index (κ2) is 11.6. The number of thioether (sulfide) groups is 1. The smallest absolute Gasteiger partial charge is 0.267 e. The van der Waals surface area contributed by atoms with E-state index in [1.165, 1.54) is 11.8 Å². The summed E-state index contributed by atoms with van der Waals surface area (Å²) in [6.45, 7) is 4.82. The molecule has 4 rings (SSSR count). The van der Waals surface area contributed by atoms with E-state index in [0.717, 1.165) is 22.3 Å². The number of aliphatic imine (C=N–C) groups is 1. The molecule has 1 aliphatic rings. The van der Waals surface area contributed by atoms with Crippen molar-refractivity contribution in [1.82, 2.24) is 4.90 Å². The van der Waals surface area contributed by atoms with Crippen molar-refractivity contribution in [2.45, 2.75) is 19.5 Å². The standard InChI is InChI=1S/C29H28N2O3S/c1-4-11-24-16-23(17-25(33-2)27(24)34-3)18-26-28(32)31(20-22-14-9-6-10-15-22)29(35-26)30-19-21-12-7-5-8-13-21/h4-10,12-18H,1,11,19-20H2,2-3H3/b26-18+,30-29?. The molecule has 0 radical (unpaired) electrons. The van der Waals surface area contributed by atoms with Gasteiger partial charge in [-0.05, 0) is 53.1 Å². The van der Waals surface area contributed by atoms with Gasteiger partial charge < -0.3 is 9.47 Å². The normalized spacial score (nSPS) is 15.6. The average molecular weight is 485 g/mol. The highest BCUT2D eigenvalue weighted by Gasteiger charge is 2.33. The predicted octanol–water partition coefficient (Wildman–Crippen LogP) is 6.11. The zero-order valence-corrected chi connectivity index (χ0v) is 20.8. The number of carbonyl (C=O) groups is 1. The monoisotopic (exact) mass is 484 g/mol. The SMILES string of the molecule is C=CCc1cc(/C=C2/SC(=NCc3ccccc3)N(Cc3ccccc3)C2=O)cc(OC)c1OC. The number of hydrogen-bond donors (Lipinski definition) is 0. The maximum absolute atomic E-state index is 13.5. The molecule has 3 aromatic rings. The molecule has 0 spiro atoms. The van der Waals surface area contributed by atoms with Crippen LogP contribution in [0.25, 0.3) is 6.08 Å². The zero-order chi connectivity index (χ0) is 24.6. The number of allylic oxidation sites excluding steroid dienone is 1. The van der Waals surface area contributed by atoms with Gasteiger partial charge in [-0.15, -0.1) is 6.58 Å². The molecule has 1 fully saturated rings. The number of amidine groups is 1. The molecule has 5 nitrogen and oxygen atoms in total. The molecule has 6 heteroatoms. The summed E-state index contributed by atoms with van der Waals surface area (Å²) < 4.78 is 11.1. The number of rotatable bonds is 9. The number of carbonyl (C=O) groups excluding carboxylic acids is 1. The molecule has 1 aliphatic heterocycles. The van der Waals surface area contributed by atoms with Crippen molar-refractivity contribution in [3.8, 4) is 11.5 Å². The number of hydrogen-bond acceptors (Lipinski definition) is 5. The lowest BCUT2D eigenvalue weighted by Gasteiger charge is -2.16. The van der Waals surface area contributed by atoms with E-state index in [4.69, 9.17) is 14.5 Å². The van der Waals surface area contributed by atoms with Crippen molar-refractivity contribution in [3.63, 3.8) is 0 Å². The van der Waals surface area contributed by atoms with Crippen molar-refractivity contribution in [1.29, 1.82) is 0 Å². The molecule has 1 heterocycles. The summed E-state index contributed by atoms with van der Waals surface area (Å²) in [5.74, 6) is 1.23. The number of benzene rings is 3. The van der Waals surface area contributed by atoms with Gasteiger partial charge in [0.25, 0.3) is 5.91 Å². The van der Waals surface area contributed by atoms with Gasteiger partial charge in [-0.25, -0.2) is 0 Å². The van der Waals surface area contributed by atoms with Crippen LogP contribution in [0.1, 0.15) is 22.3 Å². The Morgan fingerprint density at radius 2 is 1.66 bits per heavy atom. The van der Waals surface area contributed by atoms with Crippen LogP contribution in [0.3, 0.4) is 0 Å². The molecule has 1 amide bonds. The number of ether oxygens (including phenoxy) is 2. The summed E-state index contributed by atoms with van der Waals surface area (Å²) in [6.07, 6.45) is 4.34. The van der Waals surface area contributed by atoms with Gasteiger partial charge in [-0.2, -0.15) is 0 Å². The van der Waals surface area contributed by atoms with E-state index in [-0.39, 0.29) is 5.91 Å². The molecule has 0 saturated carbocycles. The maximum atomic E-state index is 13.5. The third-order valence-corrected chi connectivity index (χ3v) is 6.60. The summed E-state index contributed by atoms with van der Waals surface area (Å²) in [7, 11) is 3.23. The minimum Gasteiger partial charge on any atom is -0.493 e. The fourth-order valence-electron chi connectivity index (χ4n) is 3.88. The second-order valence-electron chi connectivity index (χ2n) is 7.98. The Morgan fingerprint density at radius 1 is 0.971 bits per heavy atom. The van der Waals surface area contributed by atoms with E-state index in [1.807, 2.05) is 84.9 Å². The van der Waals surface area contributed by atoms with Crippen molar-refractivity contribution in [3.05, 3.63) is 113 Å². The lowest BCUT2D eigenvalue weighted by molar-refractivity contribution is -0.122. The topological polar surface area (TPSA) is 51.1 Å². The van der Waals surface area contributed by atoms with Crippen LogP contribution in [0, 0.1) is 0 Å². The van der Waals surface area contributed by atoms with Gasteiger partial charge in [-0.1, -0.05) is 66.7 Å². The number of methoxy groups -OCH3 is 2. The highest BCUT2D eigenvalue weighted by molar-refractivity contribution is 8.18. The molecule has 0 unspecified atom stereocenters. The van der Waals surface area contributed by atoms with E-state index in [1.54, 1.807) is 19.1 Å². The summed E-state index contributed by atoms with van der Waals surface area (Å²) in [6, 6.07) is 23.9. The fraction of sp³-hybridized carbons (Fsp3) is 0.172. The Morgan fingerprint density at radius 3 is 2.29 bits per heavy atom. The van der Waals surface area contributed by atoms with E-state index in [0.29, 0.717) is 41.1 Å². The van der Waals surface area contributed by atoms with Crippen molar-refractivity contribution >= 4 is 28.9 Å². The van der Waals surface area contributed by atoms with E-state index in [9.17, 15) is 4.79 Å². The first-order valence-electron chi connectivity index (χ1n) is 11.3. The molecule has 0 aliphatic carbocycles. The Labute approximate surface area is 210 Å². The molecule has 0 N–H and O–H groups in total. The molecular formula is C29H28N2O3S.